The molecule has 0 unspecified atom stereocenters. The van der Waals surface area contributed by atoms with Crippen LogP contribution in [0.2, 0.25) is 0 Å². The van der Waals surface area contributed by atoms with Crippen molar-refractivity contribution >= 4 is 16.0 Å². The van der Waals surface area contributed by atoms with Crippen LogP contribution in [0.1, 0.15) is 0 Å². The van der Waals surface area contributed by atoms with Gasteiger partial charge in [0.15, 0.2) is 0 Å². The summed E-state index contributed by atoms with van der Waals surface area (Å²) in [5, 5.41) is 9.04. The van der Waals surface area contributed by atoms with Gasteiger partial charge in [-0.25, -0.2) is 8.42 Å². The topological polar surface area (TPSA) is 74.7 Å². The number of hydrogen-bond donors (Lipinski definition) is 1. The normalized spacial score (nSPS) is 21.3. The Morgan fingerprint density at radius 1 is 0.963 bits per heavy atom. The number of nitrogens with zero attached hydrogens (tertiary/aromatic N) is 1. The van der Waals surface area contributed by atoms with Crippen LogP contribution in [0, 0.1) is 11.8 Å². The summed E-state index contributed by atoms with van der Waals surface area (Å²) >= 11 is 0. The van der Waals surface area contributed by atoms with E-state index in [1.807, 2.05) is 30.3 Å². The molecule has 0 saturated carbocycles. The van der Waals surface area contributed by atoms with Crippen molar-refractivity contribution in [2.45, 2.75) is 11.1 Å². The Hall–Kier alpha value is -2.39. The van der Waals surface area contributed by atoms with Crippen LogP contribution >= 0.6 is 0 Å². The molecule has 144 valence electrons. The Bertz CT molecular complexity index is 927. The molecule has 2 aromatic rings. The third-order valence-corrected chi connectivity index (χ3v) is 6.47. The highest BCUT2D eigenvalue weighted by atomic mass is 32.2. The molecular weight excluding hydrogens is 383 g/mol. The largest absolute Gasteiger partial charge is 0.481 e. The number of halogens is 3. The summed E-state index contributed by atoms with van der Waals surface area (Å²) in [6.45, 7) is -1.61. The molecule has 5 nitrogen and oxygen atoms in total. The fraction of sp³-hybridized carbons (Fsp3) is 0.278. The molecule has 0 radical (unpaired) electrons. The van der Waals surface area contributed by atoms with E-state index < -0.39 is 47.1 Å². The van der Waals surface area contributed by atoms with E-state index in [4.69, 9.17) is 5.11 Å². The van der Waals surface area contributed by atoms with Crippen LogP contribution < -0.4 is 0 Å². The Labute approximate surface area is 154 Å². The van der Waals surface area contributed by atoms with Crippen LogP contribution in [-0.4, -0.2) is 43.1 Å². The average Bonchev–Trinajstić information content (AvgIpc) is 3.10. The van der Waals surface area contributed by atoms with E-state index in [9.17, 15) is 26.4 Å². The van der Waals surface area contributed by atoms with E-state index in [1.54, 1.807) is 12.1 Å². The summed E-state index contributed by atoms with van der Waals surface area (Å²) in [6, 6.07) is 14.9. The summed E-state index contributed by atoms with van der Waals surface area (Å²) in [4.78, 5) is 11.0. The van der Waals surface area contributed by atoms with Gasteiger partial charge in [-0.1, -0.05) is 42.5 Å². The van der Waals surface area contributed by atoms with Gasteiger partial charge < -0.3 is 5.11 Å². The van der Waals surface area contributed by atoms with Crippen LogP contribution in [-0.2, 0) is 14.8 Å². The summed E-state index contributed by atoms with van der Waals surface area (Å²) in [7, 11) is -4.23. The van der Waals surface area contributed by atoms with Gasteiger partial charge in [-0.15, -0.1) is 0 Å². The van der Waals surface area contributed by atoms with Crippen molar-refractivity contribution in [3.8, 4) is 11.1 Å². The third-order valence-electron chi connectivity index (χ3n) is 4.62. The lowest BCUT2D eigenvalue weighted by Crippen LogP contribution is -2.34. The van der Waals surface area contributed by atoms with Crippen LogP contribution in [0.3, 0.4) is 0 Å². The molecule has 2 aromatic carbocycles. The first kappa shape index (κ1) is 19.4. The standard InChI is InChI=1S/C18H16F3NO4S/c19-18(20,21)16-11-22(10-15(16)17(23)24)27(25,26)14-8-6-13(7-9-14)12-4-2-1-3-5-12/h1-9,15-16H,10-11H2,(H,23,24)/t15-,16-/m1/s1. The lowest BCUT2D eigenvalue weighted by atomic mass is 9.96. The van der Waals surface area contributed by atoms with Gasteiger partial charge in [0, 0.05) is 13.1 Å². The number of carboxylic acids is 1. The molecule has 1 aliphatic heterocycles. The lowest BCUT2D eigenvalue weighted by molar-refractivity contribution is -0.187. The molecule has 0 spiro atoms. The SMILES string of the molecule is O=C(O)[C@@H]1CN(S(=O)(=O)c2ccc(-c3ccccc3)cc2)C[C@H]1C(F)(F)F. The van der Waals surface area contributed by atoms with Crippen LogP contribution in [0.15, 0.2) is 59.5 Å². The van der Waals surface area contributed by atoms with Crippen molar-refractivity contribution in [2.75, 3.05) is 13.1 Å². The maximum absolute atomic E-state index is 13.1. The van der Waals surface area contributed by atoms with E-state index in [0.29, 0.717) is 4.31 Å². The number of aliphatic carboxylic acids is 1. The van der Waals surface area contributed by atoms with E-state index >= 15 is 0 Å². The Morgan fingerprint density at radius 3 is 2.00 bits per heavy atom. The second-order valence-electron chi connectivity index (χ2n) is 6.31. The first-order chi connectivity index (χ1) is 12.6. The van der Waals surface area contributed by atoms with Crippen molar-refractivity contribution in [3.63, 3.8) is 0 Å². The fourth-order valence-corrected chi connectivity index (χ4v) is 4.64. The third kappa shape index (κ3) is 3.84. The summed E-state index contributed by atoms with van der Waals surface area (Å²) in [5.74, 6) is -5.70. The van der Waals surface area contributed by atoms with Gasteiger partial charge in [-0.2, -0.15) is 17.5 Å². The predicted octanol–water partition coefficient (Wildman–Crippen LogP) is 3.24. The molecule has 0 aliphatic carbocycles. The molecule has 1 N–H and O–H groups in total. The summed E-state index contributed by atoms with van der Waals surface area (Å²) in [5.41, 5.74) is 1.62. The zero-order valence-electron chi connectivity index (χ0n) is 13.9. The Morgan fingerprint density at radius 2 is 1.52 bits per heavy atom. The maximum atomic E-state index is 13.1. The van der Waals surface area contributed by atoms with Crippen molar-refractivity contribution in [2.24, 2.45) is 11.8 Å². The van der Waals surface area contributed by atoms with Gasteiger partial charge in [0.1, 0.15) is 0 Å². The summed E-state index contributed by atoms with van der Waals surface area (Å²) < 4.78 is 65.2. The highest BCUT2D eigenvalue weighted by Crippen LogP contribution is 2.39. The number of sulfonamides is 1. The number of rotatable bonds is 4. The van der Waals surface area contributed by atoms with E-state index in [-0.39, 0.29) is 4.90 Å². The average molecular weight is 399 g/mol. The molecule has 9 heteroatoms. The quantitative estimate of drug-likeness (QED) is 0.857. The van der Waals surface area contributed by atoms with E-state index in [2.05, 4.69) is 0 Å². The molecule has 1 aliphatic rings. The molecule has 1 saturated heterocycles. The minimum absolute atomic E-state index is 0.172. The van der Waals surface area contributed by atoms with Crippen LogP contribution in [0.4, 0.5) is 13.2 Å². The monoisotopic (exact) mass is 399 g/mol. The molecule has 0 amide bonds. The highest BCUT2D eigenvalue weighted by Gasteiger charge is 2.54. The van der Waals surface area contributed by atoms with Gasteiger partial charge in [-0.05, 0) is 23.3 Å². The Kier molecular flexibility index (Phi) is 5.00. The smallest absolute Gasteiger partial charge is 0.393 e. The fourth-order valence-electron chi connectivity index (χ4n) is 3.14. The zero-order valence-corrected chi connectivity index (χ0v) is 14.7. The molecule has 3 rings (SSSR count). The molecule has 0 aromatic heterocycles. The Balaban J connectivity index is 1.87. The van der Waals surface area contributed by atoms with Crippen molar-refractivity contribution < 1.29 is 31.5 Å². The lowest BCUT2D eigenvalue weighted by Gasteiger charge is -2.18. The number of alkyl halides is 3. The second-order valence-corrected chi connectivity index (χ2v) is 8.24. The first-order valence-corrected chi connectivity index (χ1v) is 9.50. The molecule has 0 bridgehead atoms. The molecule has 27 heavy (non-hydrogen) atoms. The van der Waals surface area contributed by atoms with Crippen molar-refractivity contribution in [1.29, 1.82) is 0 Å². The molecule has 1 heterocycles. The summed E-state index contributed by atoms with van der Waals surface area (Å²) in [6.07, 6.45) is -4.79. The van der Waals surface area contributed by atoms with Gasteiger partial charge in [0.2, 0.25) is 10.0 Å². The highest BCUT2D eigenvalue weighted by molar-refractivity contribution is 7.89. The van der Waals surface area contributed by atoms with Crippen LogP contribution in [0.25, 0.3) is 11.1 Å². The molecule has 2 atom stereocenters. The van der Waals surface area contributed by atoms with Gasteiger partial charge >= 0.3 is 12.1 Å². The zero-order chi connectivity index (χ0) is 19.8. The number of hydrogen-bond acceptors (Lipinski definition) is 3. The second kappa shape index (κ2) is 6.97. The van der Waals surface area contributed by atoms with Gasteiger partial charge in [0.25, 0.3) is 0 Å². The van der Waals surface area contributed by atoms with Crippen LogP contribution in [0.5, 0.6) is 0 Å². The molecule has 1 fully saturated rings. The molecular formula is C18H16F3NO4S. The maximum Gasteiger partial charge on any atom is 0.393 e. The number of carbonyl (C=O) groups is 1. The predicted molar refractivity (Wildman–Crippen MR) is 91.3 cm³/mol. The number of benzene rings is 2. The van der Waals surface area contributed by atoms with Crippen molar-refractivity contribution in [3.05, 3.63) is 54.6 Å². The van der Waals surface area contributed by atoms with Gasteiger partial charge in [-0.3, -0.25) is 4.79 Å². The van der Waals surface area contributed by atoms with Gasteiger partial charge in [0.05, 0.1) is 16.7 Å². The van der Waals surface area contributed by atoms with E-state index in [1.165, 1.54) is 12.1 Å². The minimum Gasteiger partial charge on any atom is -0.481 e. The first-order valence-electron chi connectivity index (χ1n) is 8.06. The number of carboxylic acid groups (broad SMARTS) is 1. The van der Waals surface area contributed by atoms with Crippen molar-refractivity contribution in [1.82, 2.24) is 4.31 Å². The minimum atomic E-state index is -4.79. The van der Waals surface area contributed by atoms with E-state index in [0.717, 1.165) is 11.1 Å².